The van der Waals surface area contributed by atoms with Crippen LogP contribution in [-0.4, -0.2) is 37.2 Å². The number of hydrogen-bond acceptors (Lipinski definition) is 2. The molecule has 0 radical (unpaired) electrons. The molecular formula is C25H38ClNO. The van der Waals surface area contributed by atoms with Crippen molar-refractivity contribution >= 4 is 11.6 Å². The number of likely N-dealkylation sites (tertiary alicyclic amines) is 1. The zero-order valence-corrected chi connectivity index (χ0v) is 19.0. The van der Waals surface area contributed by atoms with E-state index in [1.165, 1.54) is 49.9 Å². The van der Waals surface area contributed by atoms with Crippen molar-refractivity contribution in [1.82, 2.24) is 4.90 Å². The Morgan fingerprint density at radius 2 is 1.64 bits per heavy atom. The third kappa shape index (κ3) is 5.84. The van der Waals surface area contributed by atoms with E-state index in [0.717, 1.165) is 36.5 Å². The van der Waals surface area contributed by atoms with E-state index in [0.29, 0.717) is 6.04 Å². The highest BCUT2D eigenvalue weighted by molar-refractivity contribution is 6.30. The maximum Gasteiger partial charge on any atom is 0.0468 e. The molecule has 1 aromatic carbocycles. The first-order valence-electron chi connectivity index (χ1n) is 11.1. The first-order chi connectivity index (χ1) is 13.3. The first kappa shape index (κ1) is 21.9. The fraction of sp³-hybridized carbons (Fsp3) is 0.680. The number of allylic oxidation sites excluding steroid dienone is 1. The summed E-state index contributed by atoms with van der Waals surface area (Å²) in [6.07, 6.45) is 8.86. The van der Waals surface area contributed by atoms with Gasteiger partial charge in [0.15, 0.2) is 0 Å². The van der Waals surface area contributed by atoms with Crippen molar-refractivity contribution in [2.24, 2.45) is 11.8 Å². The minimum atomic E-state index is 0.124. The van der Waals surface area contributed by atoms with E-state index in [1.807, 2.05) is 12.1 Å². The van der Waals surface area contributed by atoms with Gasteiger partial charge in [-0.3, -0.25) is 4.90 Å². The molecule has 0 aromatic heterocycles. The van der Waals surface area contributed by atoms with Crippen LogP contribution in [0.3, 0.4) is 0 Å². The molecule has 0 bridgehead atoms. The lowest BCUT2D eigenvalue weighted by atomic mass is 9.77. The number of nitrogens with zero attached hydrogens (tertiary/aromatic N) is 1. The smallest absolute Gasteiger partial charge is 0.0468 e. The summed E-state index contributed by atoms with van der Waals surface area (Å²) in [5.74, 6) is 1.79. The Labute approximate surface area is 177 Å². The highest BCUT2D eigenvalue weighted by atomic mass is 35.5. The molecule has 2 aliphatic rings. The van der Waals surface area contributed by atoms with Gasteiger partial charge in [-0.2, -0.15) is 0 Å². The maximum absolute atomic E-state index is 6.11. The summed E-state index contributed by atoms with van der Waals surface area (Å²) in [6, 6.07) is 8.94. The highest BCUT2D eigenvalue weighted by Crippen LogP contribution is 2.36. The van der Waals surface area contributed by atoms with Gasteiger partial charge in [-0.25, -0.2) is 0 Å². The zero-order valence-electron chi connectivity index (χ0n) is 18.2. The molecule has 2 fully saturated rings. The summed E-state index contributed by atoms with van der Waals surface area (Å²) >= 11 is 6.11. The van der Waals surface area contributed by atoms with Crippen LogP contribution in [0.2, 0.25) is 5.02 Å². The van der Waals surface area contributed by atoms with E-state index < -0.39 is 0 Å². The molecule has 1 aromatic rings. The van der Waals surface area contributed by atoms with Crippen molar-refractivity contribution in [2.45, 2.75) is 71.3 Å². The Bertz CT molecular complexity index is 633. The molecule has 0 N–H and O–H groups in total. The van der Waals surface area contributed by atoms with Crippen molar-refractivity contribution < 1.29 is 4.74 Å². The minimum Gasteiger partial charge on any atom is -0.381 e. The van der Waals surface area contributed by atoms with E-state index in [4.69, 9.17) is 16.3 Å². The van der Waals surface area contributed by atoms with E-state index >= 15 is 0 Å². The van der Waals surface area contributed by atoms with Gasteiger partial charge in [0.2, 0.25) is 0 Å². The quantitative estimate of drug-likeness (QED) is 0.504. The van der Waals surface area contributed by atoms with Gasteiger partial charge in [0.05, 0.1) is 0 Å². The summed E-state index contributed by atoms with van der Waals surface area (Å²) < 4.78 is 5.57. The largest absolute Gasteiger partial charge is 0.381 e. The van der Waals surface area contributed by atoms with Crippen molar-refractivity contribution in [3.63, 3.8) is 0 Å². The molecule has 2 saturated heterocycles. The normalized spacial score (nSPS) is 21.5. The third-order valence-electron chi connectivity index (χ3n) is 6.85. The average Bonchev–Trinajstić information content (AvgIpc) is 2.68. The molecule has 28 heavy (non-hydrogen) atoms. The van der Waals surface area contributed by atoms with Gasteiger partial charge in [-0.15, -0.1) is 0 Å². The van der Waals surface area contributed by atoms with Crippen LogP contribution in [0.1, 0.15) is 65.4 Å². The predicted octanol–water partition coefficient (Wildman–Crippen LogP) is 6.48. The molecule has 2 heterocycles. The first-order valence-corrected chi connectivity index (χ1v) is 11.5. The second-order valence-electron chi connectivity index (χ2n) is 9.73. The lowest BCUT2D eigenvalue weighted by Crippen LogP contribution is -2.44. The molecule has 3 heteroatoms. The zero-order chi connectivity index (χ0) is 20.1. The Balaban J connectivity index is 1.65. The van der Waals surface area contributed by atoms with Crippen molar-refractivity contribution in [2.75, 3.05) is 26.3 Å². The molecular weight excluding hydrogens is 366 g/mol. The number of piperidine rings is 1. The van der Waals surface area contributed by atoms with Gasteiger partial charge < -0.3 is 4.74 Å². The van der Waals surface area contributed by atoms with Crippen LogP contribution in [0.25, 0.3) is 0 Å². The number of benzene rings is 1. The summed E-state index contributed by atoms with van der Waals surface area (Å²) in [7, 11) is 0. The Hall–Kier alpha value is -0.830. The molecule has 2 aliphatic heterocycles. The van der Waals surface area contributed by atoms with E-state index in [9.17, 15) is 0 Å². The number of hydrogen-bond donors (Lipinski definition) is 0. The summed E-state index contributed by atoms with van der Waals surface area (Å²) in [6.45, 7) is 13.6. The molecule has 0 amide bonds. The molecule has 0 aliphatic carbocycles. The summed E-state index contributed by atoms with van der Waals surface area (Å²) in [5.41, 5.74) is 2.92. The number of rotatable bonds is 6. The molecule has 0 saturated carbocycles. The second-order valence-corrected chi connectivity index (χ2v) is 10.2. The van der Waals surface area contributed by atoms with Crippen molar-refractivity contribution in [1.29, 1.82) is 0 Å². The predicted molar refractivity (Wildman–Crippen MR) is 120 cm³/mol. The SMILES string of the molecule is CC(C)=CC(CC(C)(C)c1ccc(Cl)cc1)N1CCC(C2CCOCC2)CC1. The van der Waals surface area contributed by atoms with E-state index in [1.54, 1.807) is 0 Å². The van der Waals surface area contributed by atoms with Crippen LogP contribution in [0.15, 0.2) is 35.9 Å². The summed E-state index contributed by atoms with van der Waals surface area (Å²) in [5, 5.41) is 0.815. The number of halogens is 1. The van der Waals surface area contributed by atoms with Crippen LogP contribution in [-0.2, 0) is 10.2 Å². The van der Waals surface area contributed by atoms with Gasteiger partial charge in [0, 0.05) is 24.3 Å². The second kappa shape index (κ2) is 9.78. The average molecular weight is 404 g/mol. The fourth-order valence-corrected chi connectivity index (χ4v) is 5.26. The van der Waals surface area contributed by atoms with Gasteiger partial charge in [-0.1, -0.05) is 49.2 Å². The monoisotopic (exact) mass is 403 g/mol. The Morgan fingerprint density at radius 1 is 1.07 bits per heavy atom. The Morgan fingerprint density at radius 3 is 2.21 bits per heavy atom. The van der Waals surface area contributed by atoms with Gasteiger partial charge in [-0.05, 0) is 94.0 Å². The lowest BCUT2D eigenvalue weighted by Gasteiger charge is -2.42. The maximum atomic E-state index is 6.11. The van der Waals surface area contributed by atoms with E-state index in [2.05, 4.69) is 50.8 Å². The minimum absolute atomic E-state index is 0.124. The van der Waals surface area contributed by atoms with Crippen molar-refractivity contribution in [3.05, 3.63) is 46.5 Å². The topological polar surface area (TPSA) is 12.5 Å². The van der Waals surface area contributed by atoms with Gasteiger partial charge >= 0.3 is 0 Å². The van der Waals surface area contributed by atoms with Gasteiger partial charge in [0.1, 0.15) is 0 Å². The molecule has 1 atom stereocenters. The molecule has 2 nitrogen and oxygen atoms in total. The van der Waals surface area contributed by atoms with Crippen LogP contribution in [0.5, 0.6) is 0 Å². The van der Waals surface area contributed by atoms with E-state index in [-0.39, 0.29) is 5.41 Å². The van der Waals surface area contributed by atoms with Crippen LogP contribution in [0, 0.1) is 11.8 Å². The molecule has 3 rings (SSSR count). The standard InChI is InChI=1S/C25H38ClNO/c1-19(2)17-24(18-25(3,4)22-5-7-23(26)8-6-22)27-13-9-20(10-14-27)21-11-15-28-16-12-21/h5-8,17,20-21,24H,9-16,18H2,1-4H3. The Kier molecular flexibility index (Phi) is 7.64. The van der Waals surface area contributed by atoms with Crippen LogP contribution >= 0.6 is 11.6 Å². The lowest BCUT2D eigenvalue weighted by molar-refractivity contribution is 0.0260. The van der Waals surface area contributed by atoms with Crippen LogP contribution < -0.4 is 0 Å². The number of ether oxygens (including phenoxy) is 1. The fourth-order valence-electron chi connectivity index (χ4n) is 5.13. The highest BCUT2D eigenvalue weighted by Gasteiger charge is 2.32. The van der Waals surface area contributed by atoms with Crippen molar-refractivity contribution in [3.8, 4) is 0 Å². The summed E-state index contributed by atoms with van der Waals surface area (Å²) in [4.78, 5) is 2.74. The van der Waals surface area contributed by atoms with Gasteiger partial charge in [0.25, 0.3) is 0 Å². The molecule has 156 valence electrons. The third-order valence-corrected chi connectivity index (χ3v) is 7.10. The molecule has 1 unspecified atom stereocenters. The molecule has 0 spiro atoms. The van der Waals surface area contributed by atoms with Crippen LogP contribution in [0.4, 0.5) is 0 Å².